The first-order valence-corrected chi connectivity index (χ1v) is 6.27. The van der Waals surface area contributed by atoms with Crippen LogP contribution in [-0.4, -0.2) is 31.7 Å². The number of carbonyl (C=O) groups excluding carboxylic acids is 1. The van der Waals surface area contributed by atoms with Crippen molar-refractivity contribution in [3.63, 3.8) is 0 Å². The molecule has 2 amide bonds. The quantitative estimate of drug-likeness (QED) is 0.555. The number of nitrogens with one attached hydrogen (secondary N) is 3. The fourth-order valence-electron chi connectivity index (χ4n) is 1.31. The Labute approximate surface area is 99.6 Å². The first-order chi connectivity index (χ1) is 7.52. The van der Waals surface area contributed by atoms with Gasteiger partial charge in [0.15, 0.2) is 0 Å². The zero-order valence-electron chi connectivity index (χ0n) is 11.1. The summed E-state index contributed by atoms with van der Waals surface area (Å²) in [6.07, 6.45) is 2.21. The van der Waals surface area contributed by atoms with E-state index < -0.39 is 0 Å². The van der Waals surface area contributed by atoms with E-state index in [0.29, 0.717) is 18.5 Å². The molecule has 0 saturated carbocycles. The van der Waals surface area contributed by atoms with Crippen molar-refractivity contribution in [2.45, 2.75) is 46.6 Å². The highest BCUT2D eigenvalue weighted by Gasteiger charge is 1.99. The molecule has 0 atom stereocenters. The van der Waals surface area contributed by atoms with Crippen LogP contribution in [0.1, 0.15) is 40.5 Å². The summed E-state index contributed by atoms with van der Waals surface area (Å²) in [5.74, 6) is 0.708. The van der Waals surface area contributed by atoms with E-state index in [-0.39, 0.29) is 6.03 Å². The monoisotopic (exact) mass is 229 g/mol. The summed E-state index contributed by atoms with van der Waals surface area (Å²) in [5.41, 5.74) is 0. The zero-order chi connectivity index (χ0) is 12.4. The molecule has 3 N–H and O–H groups in total. The summed E-state index contributed by atoms with van der Waals surface area (Å²) in [7, 11) is 0. The molecule has 0 saturated heterocycles. The molecular formula is C12H27N3O. The van der Waals surface area contributed by atoms with Crippen LogP contribution in [-0.2, 0) is 0 Å². The minimum absolute atomic E-state index is 0.0608. The van der Waals surface area contributed by atoms with Gasteiger partial charge < -0.3 is 16.0 Å². The Morgan fingerprint density at radius 1 is 1.00 bits per heavy atom. The van der Waals surface area contributed by atoms with Gasteiger partial charge in [0.25, 0.3) is 0 Å². The number of hydrogen-bond donors (Lipinski definition) is 3. The van der Waals surface area contributed by atoms with Crippen molar-refractivity contribution in [1.82, 2.24) is 16.0 Å². The third-order valence-electron chi connectivity index (χ3n) is 2.21. The Balaban J connectivity index is 3.25. The van der Waals surface area contributed by atoms with Crippen molar-refractivity contribution in [3.8, 4) is 0 Å². The minimum atomic E-state index is -0.0608. The van der Waals surface area contributed by atoms with Gasteiger partial charge in [-0.3, -0.25) is 0 Å². The number of carbonyl (C=O) groups is 1. The second-order valence-corrected chi connectivity index (χ2v) is 4.83. The Morgan fingerprint density at radius 3 is 2.19 bits per heavy atom. The topological polar surface area (TPSA) is 53.2 Å². The Kier molecular flexibility index (Phi) is 9.00. The largest absolute Gasteiger partial charge is 0.338 e. The molecule has 0 bridgehead atoms. The molecule has 0 aromatic rings. The molecule has 0 unspecified atom stereocenters. The van der Waals surface area contributed by atoms with Crippen molar-refractivity contribution in [2.24, 2.45) is 5.92 Å². The maximum atomic E-state index is 11.3. The summed E-state index contributed by atoms with van der Waals surface area (Å²) in [6.45, 7) is 10.8. The maximum Gasteiger partial charge on any atom is 0.314 e. The fourth-order valence-corrected chi connectivity index (χ4v) is 1.31. The van der Waals surface area contributed by atoms with E-state index in [2.05, 4.69) is 43.6 Å². The number of amides is 2. The minimum Gasteiger partial charge on any atom is -0.338 e. The highest BCUT2D eigenvalue weighted by atomic mass is 16.2. The normalized spacial score (nSPS) is 10.9. The highest BCUT2D eigenvalue weighted by molar-refractivity contribution is 5.73. The summed E-state index contributed by atoms with van der Waals surface area (Å²) in [5, 5.41) is 8.90. The molecule has 0 aliphatic rings. The smallest absolute Gasteiger partial charge is 0.314 e. The summed E-state index contributed by atoms with van der Waals surface area (Å²) in [6, 6.07) is 0.408. The van der Waals surface area contributed by atoms with E-state index in [1.807, 2.05) is 0 Å². The van der Waals surface area contributed by atoms with Crippen LogP contribution in [0.25, 0.3) is 0 Å². The molecule has 0 aliphatic heterocycles. The molecule has 0 spiro atoms. The lowest BCUT2D eigenvalue weighted by atomic mass is 10.1. The summed E-state index contributed by atoms with van der Waals surface area (Å²) >= 11 is 0. The molecule has 4 nitrogen and oxygen atoms in total. The van der Waals surface area contributed by atoms with Gasteiger partial charge in [-0.1, -0.05) is 27.7 Å². The van der Waals surface area contributed by atoms with Gasteiger partial charge >= 0.3 is 6.03 Å². The Hall–Kier alpha value is -0.770. The van der Waals surface area contributed by atoms with Crippen molar-refractivity contribution in [2.75, 3.05) is 19.6 Å². The van der Waals surface area contributed by atoms with E-state index in [1.165, 1.54) is 0 Å². The van der Waals surface area contributed by atoms with Crippen LogP contribution in [0.4, 0.5) is 4.79 Å². The molecule has 96 valence electrons. The van der Waals surface area contributed by atoms with Gasteiger partial charge in [0.1, 0.15) is 0 Å². The number of rotatable bonds is 8. The molecule has 16 heavy (non-hydrogen) atoms. The molecule has 0 heterocycles. The van der Waals surface area contributed by atoms with Gasteiger partial charge in [-0.15, -0.1) is 0 Å². The Bertz CT molecular complexity index is 163. The third kappa shape index (κ3) is 11.3. The van der Waals surface area contributed by atoms with Gasteiger partial charge in [-0.2, -0.15) is 0 Å². The van der Waals surface area contributed by atoms with Crippen molar-refractivity contribution in [1.29, 1.82) is 0 Å². The molecule has 4 heteroatoms. The lowest BCUT2D eigenvalue weighted by molar-refractivity contribution is 0.240. The average molecular weight is 229 g/mol. The molecular weight excluding hydrogens is 202 g/mol. The average Bonchev–Trinajstić information content (AvgIpc) is 2.19. The molecule has 0 fully saturated rings. The molecule has 0 radical (unpaired) electrons. The Morgan fingerprint density at radius 2 is 1.62 bits per heavy atom. The van der Waals surface area contributed by atoms with E-state index in [9.17, 15) is 4.79 Å². The molecule has 0 aromatic carbocycles. The predicted octanol–water partition coefficient (Wildman–Crippen LogP) is 1.72. The summed E-state index contributed by atoms with van der Waals surface area (Å²) < 4.78 is 0. The molecule has 0 rings (SSSR count). The van der Waals surface area contributed by atoms with Gasteiger partial charge in [-0.05, 0) is 18.8 Å². The first-order valence-electron chi connectivity index (χ1n) is 6.27. The van der Waals surface area contributed by atoms with Crippen molar-refractivity contribution in [3.05, 3.63) is 0 Å². The van der Waals surface area contributed by atoms with Crippen LogP contribution in [0.15, 0.2) is 0 Å². The van der Waals surface area contributed by atoms with Crippen LogP contribution in [0.5, 0.6) is 0 Å². The molecule has 0 aliphatic carbocycles. The van der Waals surface area contributed by atoms with Crippen molar-refractivity contribution < 1.29 is 4.79 Å². The second-order valence-electron chi connectivity index (χ2n) is 4.83. The third-order valence-corrected chi connectivity index (χ3v) is 2.21. The van der Waals surface area contributed by atoms with Gasteiger partial charge in [0.05, 0.1) is 0 Å². The number of urea groups is 1. The van der Waals surface area contributed by atoms with Gasteiger partial charge in [0, 0.05) is 25.7 Å². The van der Waals surface area contributed by atoms with E-state index in [0.717, 1.165) is 25.9 Å². The van der Waals surface area contributed by atoms with Crippen LogP contribution in [0.3, 0.4) is 0 Å². The highest BCUT2D eigenvalue weighted by Crippen LogP contribution is 2.01. The van der Waals surface area contributed by atoms with E-state index >= 15 is 0 Å². The van der Waals surface area contributed by atoms with E-state index in [1.54, 1.807) is 0 Å². The lowest BCUT2D eigenvalue weighted by Crippen LogP contribution is -2.40. The molecule has 0 aromatic heterocycles. The number of hydrogen-bond acceptors (Lipinski definition) is 2. The van der Waals surface area contributed by atoms with Crippen LogP contribution >= 0.6 is 0 Å². The fraction of sp³-hybridized carbons (Fsp3) is 0.917. The van der Waals surface area contributed by atoms with Gasteiger partial charge in [-0.25, -0.2) is 4.79 Å². The second kappa shape index (κ2) is 9.46. The van der Waals surface area contributed by atoms with Crippen LogP contribution < -0.4 is 16.0 Å². The lowest BCUT2D eigenvalue weighted by Gasteiger charge is -2.10. The van der Waals surface area contributed by atoms with Crippen LogP contribution in [0, 0.1) is 5.92 Å². The standard InChI is InChI=1S/C12H27N3O/c1-10(2)6-5-7-14-12(16)15-9-8-13-11(3)4/h10-11,13H,5-9H2,1-4H3,(H2,14,15,16). The maximum absolute atomic E-state index is 11.3. The van der Waals surface area contributed by atoms with Crippen molar-refractivity contribution >= 4 is 6.03 Å². The zero-order valence-corrected chi connectivity index (χ0v) is 11.1. The van der Waals surface area contributed by atoms with Crippen LogP contribution in [0.2, 0.25) is 0 Å². The summed E-state index contributed by atoms with van der Waals surface area (Å²) in [4.78, 5) is 11.3. The predicted molar refractivity (Wildman–Crippen MR) is 68.6 cm³/mol. The SMILES string of the molecule is CC(C)CCCNC(=O)NCCNC(C)C. The van der Waals surface area contributed by atoms with Gasteiger partial charge in [0.2, 0.25) is 0 Å². The van der Waals surface area contributed by atoms with E-state index in [4.69, 9.17) is 0 Å². The first kappa shape index (κ1) is 15.2.